The van der Waals surface area contributed by atoms with Gasteiger partial charge in [-0.15, -0.1) is 0 Å². The van der Waals surface area contributed by atoms with E-state index in [1.54, 1.807) is 0 Å². The minimum Gasteiger partial charge on any atom is -0.462 e. The lowest BCUT2D eigenvalue weighted by Gasteiger charge is -2.18. The van der Waals surface area contributed by atoms with Crippen molar-refractivity contribution in [1.29, 1.82) is 0 Å². The Morgan fingerprint density at radius 1 is 0.313 bits per heavy atom. The molecule has 1 unspecified atom stereocenters. The van der Waals surface area contributed by atoms with Crippen LogP contribution in [0.1, 0.15) is 303 Å². The van der Waals surface area contributed by atoms with Crippen LogP contribution in [0.3, 0.4) is 0 Å². The minimum atomic E-state index is -0.794. The summed E-state index contributed by atoms with van der Waals surface area (Å²) >= 11 is 0. The smallest absolute Gasteiger partial charge is 0.306 e. The van der Waals surface area contributed by atoms with Crippen LogP contribution in [0.5, 0.6) is 0 Å². The second-order valence-corrected chi connectivity index (χ2v) is 19.6. The number of ether oxygens (including phenoxy) is 3. The highest BCUT2D eigenvalue weighted by molar-refractivity contribution is 5.71. The van der Waals surface area contributed by atoms with Crippen molar-refractivity contribution in [3.63, 3.8) is 0 Å². The largest absolute Gasteiger partial charge is 0.462 e. The summed E-state index contributed by atoms with van der Waals surface area (Å²) in [6, 6.07) is 0. The Morgan fingerprint density at radius 3 is 1.03 bits per heavy atom. The molecular weight excluding hydrogens is 829 g/mol. The van der Waals surface area contributed by atoms with Gasteiger partial charge in [0.2, 0.25) is 0 Å². The highest BCUT2D eigenvalue weighted by Crippen LogP contribution is 2.16. The molecule has 0 saturated carbocycles. The van der Waals surface area contributed by atoms with Crippen LogP contribution in [0, 0.1) is 0 Å². The molecule has 0 aliphatic heterocycles. The van der Waals surface area contributed by atoms with E-state index in [1.807, 2.05) is 6.08 Å². The average molecular weight is 940 g/mol. The van der Waals surface area contributed by atoms with Crippen LogP contribution < -0.4 is 0 Å². The predicted octanol–water partition coefficient (Wildman–Crippen LogP) is 19.4. The molecule has 0 aromatic heterocycles. The normalized spacial score (nSPS) is 12.3. The molecule has 0 aliphatic rings. The summed E-state index contributed by atoms with van der Waals surface area (Å²) in [5, 5.41) is 0. The van der Waals surface area contributed by atoms with Crippen LogP contribution in [0.4, 0.5) is 0 Å². The van der Waals surface area contributed by atoms with Crippen molar-refractivity contribution in [1.82, 2.24) is 0 Å². The summed E-state index contributed by atoms with van der Waals surface area (Å²) in [5.41, 5.74) is 0. The third-order valence-corrected chi connectivity index (χ3v) is 12.8. The van der Waals surface area contributed by atoms with Crippen molar-refractivity contribution in [3.8, 4) is 0 Å². The van der Waals surface area contributed by atoms with Crippen molar-refractivity contribution >= 4 is 17.9 Å². The minimum absolute atomic E-state index is 0.0889. The van der Waals surface area contributed by atoms with Gasteiger partial charge in [-0.2, -0.15) is 0 Å². The molecule has 0 amide bonds. The zero-order valence-corrected chi connectivity index (χ0v) is 44.7. The lowest BCUT2D eigenvalue weighted by atomic mass is 10.0. The number of hydrogen-bond donors (Lipinski definition) is 0. The molecule has 390 valence electrons. The Kier molecular flexibility index (Phi) is 53.8. The van der Waals surface area contributed by atoms with E-state index < -0.39 is 6.10 Å². The van der Waals surface area contributed by atoms with Gasteiger partial charge in [0.25, 0.3) is 0 Å². The number of carbonyl (C=O) groups is 3. The molecule has 6 nitrogen and oxygen atoms in total. The molecule has 0 N–H and O–H groups in total. The van der Waals surface area contributed by atoms with E-state index in [-0.39, 0.29) is 37.5 Å². The Labute approximate surface area is 416 Å². The van der Waals surface area contributed by atoms with Gasteiger partial charge in [0, 0.05) is 19.3 Å². The Morgan fingerprint density at radius 2 is 0.612 bits per heavy atom. The first kappa shape index (κ1) is 64.4. The van der Waals surface area contributed by atoms with Gasteiger partial charge in [0.1, 0.15) is 13.2 Å². The van der Waals surface area contributed by atoms with Crippen LogP contribution in [0.15, 0.2) is 48.6 Å². The van der Waals surface area contributed by atoms with E-state index in [0.29, 0.717) is 19.3 Å². The SMILES string of the molecule is CCCCC/C=C/C=C/CCCCCCCCCCCCC(=O)OCC(COC(=O)CC/C=C/C/C=C/CCCCCCCC)OC(=O)CCCCCCCCCCCCCCCCCCC. The Balaban J connectivity index is 4.37. The van der Waals surface area contributed by atoms with Gasteiger partial charge in [-0.1, -0.05) is 268 Å². The summed E-state index contributed by atoms with van der Waals surface area (Å²) in [6.07, 6.45) is 68.3. The second kappa shape index (κ2) is 56.0. The second-order valence-electron chi connectivity index (χ2n) is 19.6. The van der Waals surface area contributed by atoms with Crippen LogP contribution in [-0.2, 0) is 28.6 Å². The van der Waals surface area contributed by atoms with Gasteiger partial charge in [-0.3, -0.25) is 14.4 Å². The van der Waals surface area contributed by atoms with Crippen molar-refractivity contribution in [3.05, 3.63) is 48.6 Å². The van der Waals surface area contributed by atoms with Gasteiger partial charge in [-0.05, 0) is 64.2 Å². The van der Waals surface area contributed by atoms with Crippen molar-refractivity contribution < 1.29 is 28.6 Å². The molecule has 0 radical (unpaired) electrons. The van der Waals surface area contributed by atoms with E-state index in [4.69, 9.17) is 14.2 Å². The van der Waals surface area contributed by atoms with Gasteiger partial charge in [-0.25, -0.2) is 0 Å². The first-order chi connectivity index (χ1) is 33.0. The lowest BCUT2D eigenvalue weighted by molar-refractivity contribution is -0.166. The van der Waals surface area contributed by atoms with Gasteiger partial charge < -0.3 is 14.2 Å². The van der Waals surface area contributed by atoms with E-state index in [1.165, 1.54) is 205 Å². The van der Waals surface area contributed by atoms with Crippen LogP contribution in [-0.4, -0.2) is 37.2 Å². The van der Waals surface area contributed by atoms with Crippen molar-refractivity contribution in [2.45, 2.75) is 309 Å². The molecule has 0 bridgehead atoms. The standard InChI is InChI=1S/C61H110O6/c1-4-7-10-13-16-19-22-25-27-29-30-32-33-36-39-42-45-48-51-54-60(63)66-57-58(56-65-59(62)53-50-47-44-41-38-35-24-21-18-15-12-9-6-3)67-61(64)55-52-49-46-43-40-37-34-31-28-26-23-20-17-14-11-8-5-2/h16,19,22,25,35,38,44,47,58H,4-15,17-18,20-21,23-24,26-34,36-37,39-43,45-46,48-57H2,1-3H3/b19-16+,25-22+,38-35+,47-44+. The maximum atomic E-state index is 12.9. The highest BCUT2D eigenvalue weighted by atomic mass is 16.6. The zero-order chi connectivity index (χ0) is 48.6. The number of carbonyl (C=O) groups excluding carboxylic acids is 3. The molecule has 0 spiro atoms. The van der Waals surface area contributed by atoms with Crippen LogP contribution in [0.25, 0.3) is 0 Å². The summed E-state index contributed by atoms with van der Waals surface area (Å²) in [5.74, 6) is -0.947. The molecule has 0 heterocycles. The third-order valence-electron chi connectivity index (χ3n) is 12.8. The highest BCUT2D eigenvalue weighted by Gasteiger charge is 2.19. The monoisotopic (exact) mass is 939 g/mol. The molecule has 0 aromatic rings. The van der Waals surface area contributed by atoms with E-state index in [9.17, 15) is 14.4 Å². The molecule has 67 heavy (non-hydrogen) atoms. The molecule has 0 aliphatic carbocycles. The first-order valence-electron chi connectivity index (χ1n) is 29.2. The number of esters is 3. The molecule has 0 aromatic carbocycles. The fourth-order valence-electron chi connectivity index (χ4n) is 8.43. The van der Waals surface area contributed by atoms with Crippen molar-refractivity contribution in [2.75, 3.05) is 13.2 Å². The van der Waals surface area contributed by atoms with Crippen molar-refractivity contribution in [2.24, 2.45) is 0 Å². The molecule has 1 atom stereocenters. The molecule has 0 saturated heterocycles. The summed E-state index contributed by atoms with van der Waals surface area (Å²) in [7, 11) is 0. The quantitative estimate of drug-likeness (QED) is 0.0199. The van der Waals surface area contributed by atoms with Gasteiger partial charge in [0.05, 0.1) is 0 Å². The summed E-state index contributed by atoms with van der Waals surface area (Å²) < 4.78 is 16.8. The summed E-state index contributed by atoms with van der Waals surface area (Å²) in [4.78, 5) is 38.1. The van der Waals surface area contributed by atoms with Gasteiger partial charge >= 0.3 is 17.9 Å². The average Bonchev–Trinajstić information content (AvgIpc) is 3.33. The zero-order valence-electron chi connectivity index (χ0n) is 44.7. The maximum Gasteiger partial charge on any atom is 0.306 e. The van der Waals surface area contributed by atoms with E-state index in [2.05, 4.69) is 63.3 Å². The maximum absolute atomic E-state index is 12.9. The Bertz CT molecular complexity index is 1170. The van der Waals surface area contributed by atoms with Gasteiger partial charge in [0.15, 0.2) is 6.10 Å². The number of hydrogen-bond acceptors (Lipinski definition) is 6. The van der Waals surface area contributed by atoms with E-state index >= 15 is 0 Å². The number of unbranched alkanes of at least 4 members (excludes halogenated alkanes) is 35. The number of rotatable bonds is 53. The first-order valence-corrected chi connectivity index (χ1v) is 29.2. The van der Waals surface area contributed by atoms with Crippen LogP contribution >= 0.6 is 0 Å². The molecule has 6 heteroatoms. The topological polar surface area (TPSA) is 78.9 Å². The molecular formula is C61H110O6. The molecule has 0 fully saturated rings. The summed E-state index contributed by atoms with van der Waals surface area (Å²) in [6.45, 7) is 6.59. The fraction of sp³-hybridized carbons (Fsp3) is 0.820. The van der Waals surface area contributed by atoms with E-state index in [0.717, 1.165) is 51.4 Å². The third kappa shape index (κ3) is 54.2. The Hall–Kier alpha value is -2.63. The van der Waals surface area contributed by atoms with Crippen LogP contribution in [0.2, 0.25) is 0 Å². The predicted molar refractivity (Wildman–Crippen MR) is 289 cm³/mol. The molecule has 0 rings (SSSR count). The fourth-order valence-corrected chi connectivity index (χ4v) is 8.43. The number of allylic oxidation sites excluding steroid dienone is 8. The lowest BCUT2D eigenvalue weighted by Crippen LogP contribution is -2.30.